The summed E-state index contributed by atoms with van der Waals surface area (Å²) in [4.78, 5) is 5.09. The van der Waals surface area contributed by atoms with Crippen molar-refractivity contribution in [2.75, 3.05) is 39.1 Å². The molecule has 0 fully saturated rings. The number of anilines is 1. The number of likely N-dealkylation sites (N-methyl/N-ethyl adjacent to an activating group) is 1. The predicted molar refractivity (Wildman–Crippen MR) is 97.1 cm³/mol. The first-order valence-electron chi connectivity index (χ1n) is 6.37. The van der Waals surface area contributed by atoms with E-state index in [2.05, 4.69) is 10.3 Å². The summed E-state index contributed by atoms with van der Waals surface area (Å²) in [7, 11) is 2.87. The monoisotopic (exact) mass is 466 g/mol. The SMILES string of the molecule is COc1ccc(NC(N)=NCCN(C)CC(F)(F)F)cc1Cl.I. The summed E-state index contributed by atoms with van der Waals surface area (Å²) in [6.07, 6.45) is -4.22. The molecule has 0 radical (unpaired) electrons. The van der Waals surface area contributed by atoms with Crippen LogP contribution in [0.4, 0.5) is 18.9 Å². The Kier molecular flexibility index (Phi) is 9.63. The Morgan fingerprint density at radius 3 is 2.61 bits per heavy atom. The van der Waals surface area contributed by atoms with Crippen molar-refractivity contribution >= 4 is 47.2 Å². The molecule has 23 heavy (non-hydrogen) atoms. The molecule has 10 heteroatoms. The van der Waals surface area contributed by atoms with Gasteiger partial charge in [-0.25, -0.2) is 0 Å². The zero-order valence-corrected chi connectivity index (χ0v) is 15.7. The summed E-state index contributed by atoms with van der Waals surface area (Å²) in [5.41, 5.74) is 6.27. The average Bonchev–Trinajstić information content (AvgIpc) is 2.36. The number of hydrogen-bond donors (Lipinski definition) is 2. The van der Waals surface area contributed by atoms with E-state index in [9.17, 15) is 13.2 Å². The molecule has 0 aliphatic rings. The Morgan fingerprint density at radius 1 is 1.43 bits per heavy atom. The first-order valence-corrected chi connectivity index (χ1v) is 6.75. The number of hydrogen-bond acceptors (Lipinski definition) is 3. The third kappa shape index (κ3) is 9.06. The van der Waals surface area contributed by atoms with Gasteiger partial charge in [-0.15, -0.1) is 24.0 Å². The summed E-state index contributed by atoms with van der Waals surface area (Å²) in [6, 6.07) is 4.97. The molecular formula is C13H19ClF3IN4O. The highest BCUT2D eigenvalue weighted by atomic mass is 127. The number of rotatable bonds is 6. The molecule has 1 aromatic carbocycles. The molecule has 0 saturated heterocycles. The Bertz CT molecular complexity index is 528. The molecule has 0 unspecified atom stereocenters. The fourth-order valence-corrected chi connectivity index (χ4v) is 1.92. The Hall–Kier alpha value is -0.940. The number of alkyl halides is 3. The van der Waals surface area contributed by atoms with Gasteiger partial charge in [0.1, 0.15) is 5.75 Å². The lowest BCUT2D eigenvalue weighted by Gasteiger charge is -2.17. The van der Waals surface area contributed by atoms with Crippen LogP contribution >= 0.6 is 35.6 Å². The van der Waals surface area contributed by atoms with Gasteiger partial charge in [0.15, 0.2) is 5.96 Å². The molecular weight excluding hydrogens is 448 g/mol. The van der Waals surface area contributed by atoms with Crippen molar-refractivity contribution in [3.8, 4) is 5.75 Å². The van der Waals surface area contributed by atoms with Gasteiger partial charge < -0.3 is 15.8 Å². The molecule has 0 saturated carbocycles. The fraction of sp³-hybridized carbons (Fsp3) is 0.462. The lowest BCUT2D eigenvalue weighted by atomic mass is 10.3. The molecule has 132 valence electrons. The summed E-state index contributed by atoms with van der Waals surface area (Å²) in [6.45, 7) is -0.690. The second-order valence-corrected chi connectivity index (χ2v) is 5.00. The van der Waals surface area contributed by atoms with Gasteiger partial charge >= 0.3 is 6.18 Å². The van der Waals surface area contributed by atoms with Crippen LogP contribution in [0.25, 0.3) is 0 Å². The van der Waals surface area contributed by atoms with E-state index in [0.717, 1.165) is 4.90 Å². The van der Waals surface area contributed by atoms with Crippen LogP contribution in [0.1, 0.15) is 0 Å². The number of benzene rings is 1. The second-order valence-electron chi connectivity index (χ2n) is 4.59. The van der Waals surface area contributed by atoms with Gasteiger partial charge in [-0.1, -0.05) is 11.6 Å². The van der Waals surface area contributed by atoms with E-state index in [4.69, 9.17) is 22.1 Å². The minimum atomic E-state index is -4.22. The van der Waals surface area contributed by atoms with Crippen molar-refractivity contribution in [2.24, 2.45) is 10.7 Å². The van der Waals surface area contributed by atoms with E-state index in [-0.39, 0.29) is 43.0 Å². The summed E-state index contributed by atoms with van der Waals surface area (Å²) in [5.74, 6) is 0.623. The Balaban J connectivity index is 0.00000484. The number of nitrogens with two attached hydrogens (primary N) is 1. The van der Waals surface area contributed by atoms with Gasteiger partial charge in [-0.3, -0.25) is 9.89 Å². The molecule has 0 aliphatic heterocycles. The number of nitrogens with one attached hydrogen (secondary N) is 1. The zero-order valence-electron chi connectivity index (χ0n) is 12.7. The minimum Gasteiger partial charge on any atom is -0.495 e. The molecule has 0 aromatic heterocycles. The lowest BCUT2D eigenvalue weighted by molar-refractivity contribution is -0.142. The number of halogens is 5. The van der Waals surface area contributed by atoms with Crippen molar-refractivity contribution in [2.45, 2.75) is 6.18 Å². The minimum absolute atomic E-state index is 0. The molecule has 0 spiro atoms. The largest absolute Gasteiger partial charge is 0.495 e. The fourth-order valence-electron chi connectivity index (χ4n) is 1.66. The number of ether oxygens (including phenoxy) is 1. The highest BCUT2D eigenvalue weighted by Gasteiger charge is 2.28. The third-order valence-corrected chi connectivity index (χ3v) is 2.93. The van der Waals surface area contributed by atoms with E-state index in [1.165, 1.54) is 14.2 Å². The van der Waals surface area contributed by atoms with Crippen molar-refractivity contribution in [3.05, 3.63) is 23.2 Å². The second kappa shape index (κ2) is 10.0. The standard InChI is InChI=1S/C13H18ClF3N4O.HI/c1-21(8-13(15,16)17)6-5-19-12(18)20-9-3-4-11(22-2)10(14)7-9;/h3-4,7H,5-6,8H2,1-2H3,(H3,18,19,20);1H. The van der Waals surface area contributed by atoms with Gasteiger partial charge in [0.25, 0.3) is 0 Å². The maximum absolute atomic E-state index is 12.1. The van der Waals surface area contributed by atoms with Crippen LogP contribution in [-0.2, 0) is 0 Å². The topological polar surface area (TPSA) is 62.9 Å². The summed E-state index contributed by atoms with van der Waals surface area (Å²) in [5, 5.41) is 3.21. The molecule has 0 amide bonds. The molecule has 0 bridgehead atoms. The number of methoxy groups -OCH3 is 1. The maximum atomic E-state index is 12.1. The summed E-state index contributed by atoms with van der Waals surface area (Å²) < 4.78 is 41.4. The maximum Gasteiger partial charge on any atom is 0.401 e. The predicted octanol–water partition coefficient (Wildman–Crippen LogP) is 3.19. The van der Waals surface area contributed by atoms with E-state index < -0.39 is 12.7 Å². The molecule has 5 nitrogen and oxygen atoms in total. The van der Waals surface area contributed by atoms with Gasteiger partial charge in [0.2, 0.25) is 0 Å². The van der Waals surface area contributed by atoms with Crippen LogP contribution in [0.5, 0.6) is 5.75 Å². The van der Waals surface area contributed by atoms with Gasteiger partial charge in [-0.2, -0.15) is 13.2 Å². The van der Waals surface area contributed by atoms with E-state index >= 15 is 0 Å². The molecule has 0 atom stereocenters. The quantitative estimate of drug-likeness (QED) is 0.384. The van der Waals surface area contributed by atoms with E-state index in [0.29, 0.717) is 16.5 Å². The van der Waals surface area contributed by atoms with Crippen molar-refractivity contribution in [1.29, 1.82) is 0 Å². The summed E-state index contributed by atoms with van der Waals surface area (Å²) >= 11 is 5.96. The average molecular weight is 467 g/mol. The molecule has 1 aromatic rings. The van der Waals surface area contributed by atoms with Crippen LogP contribution in [-0.4, -0.2) is 50.8 Å². The first-order chi connectivity index (χ1) is 10.2. The van der Waals surface area contributed by atoms with Crippen molar-refractivity contribution in [1.82, 2.24) is 4.90 Å². The Labute approximate surface area is 155 Å². The highest BCUT2D eigenvalue weighted by Crippen LogP contribution is 2.27. The van der Waals surface area contributed by atoms with Gasteiger partial charge in [0.05, 0.1) is 25.2 Å². The lowest BCUT2D eigenvalue weighted by Crippen LogP contribution is -2.33. The first kappa shape index (κ1) is 22.1. The van der Waals surface area contributed by atoms with Crippen molar-refractivity contribution < 1.29 is 17.9 Å². The number of nitrogens with zero attached hydrogens (tertiary/aromatic N) is 2. The van der Waals surface area contributed by atoms with Crippen LogP contribution in [0, 0.1) is 0 Å². The van der Waals surface area contributed by atoms with Crippen LogP contribution in [0.3, 0.4) is 0 Å². The molecule has 0 aliphatic carbocycles. The number of aliphatic imine (C=N–C) groups is 1. The van der Waals surface area contributed by atoms with Crippen LogP contribution < -0.4 is 15.8 Å². The third-order valence-electron chi connectivity index (χ3n) is 2.64. The zero-order chi connectivity index (χ0) is 16.8. The highest BCUT2D eigenvalue weighted by molar-refractivity contribution is 14.0. The van der Waals surface area contributed by atoms with E-state index in [1.807, 2.05) is 0 Å². The normalized spacial score (nSPS) is 12.0. The smallest absolute Gasteiger partial charge is 0.401 e. The number of guanidine groups is 1. The van der Waals surface area contributed by atoms with E-state index in [1.54, 1.807) is 18.2 Å². The molecule has 0 heterocycles. The van der Waals surface area contributed by atoms with Crippen LogP contribution in [0.2, 0.25) is 5.02 Å². The van der Waals surface area contributed by atoms with Gasteiger partial charge in [-0.05, 0) is 25.2 Å². The van der Waals surface area contributed by atoms with Crippen molar-refractivity contribution in [3.63, 3.8) is 0 Å². The van der Waals surface area contributed by atoms with Gasteiger partial charge in [0, 0.05) is 12.2 Å². The molecule has 3 N–H and O–H groups in total. The molecule has 1 rings (SSSR count). The Morgan fingerprint density at radius 2 is 2.09 bits per heavy atom. The van der Waals surface area contributed by atoms with Crippen LogP contribution in [0.15, 0.2) is 23.2 Å².